The molecule has 0 radical (unpaired) electrons. The van der Waals surface area contributed by atoms with Crippen LogP contribution >= 0.6 is 0 Å². The van der Waals surface area contributed by atoms with E-state index in [2.05, 4.69) is 84.6 Å². The highest BCUT2D eigenvalue weighted by molar-refractivity contribution is 5.70. The van der Waals surface area contributed by atoms with Gasteiger partial charge < -0.3 is 9.64 Å². The van der Waals surface area contributed by atoms with Crippen molar-refractivity contribution >= 4 is 5.65 Å². The summed E-state index contributed by atoms with van der Waals surface area (Å²) in [6.07, 6.45) is 2.89. The quantitative estimate of drug-likeness (QED) is 0.271. The molecular weight excluding hydrogens is 420 g/mol. The highest BCUT2D eigenvalue weighted by atomic mass is 16.5. The second-order valence-electron chi connectivity index (χ2n) is 8.61. The van der Waals surface area contributed by atoms with Gasteiger partial charge in [0.25, 0.3) is 0 Å². The third-order valence-corrected chi connectivity index (χ3v) is 5.82. The Morgan fingerprint density at radius 3 is 2.15 bits per heavy atom. The van der Waals surface area contributed by atoms with Crippen LogP contribution in [0.2, 0.25) is 0 Å². The van der Waals surface area contributed by atoms with E-state index in [0.29, 0.717) is 6.61 Å². The minimum atomic E-state index is 0.712. The first-order valence-electron chi connectivity index (χ1n) is 11.6. The average molecular weight is 449 g/mol. The number of ether oxygens (including phenoxy) is 1. The molecule has 170 valence electrons. The average Bonchev–Trinajstić information content (AvgIpc) is 3.31. The molecule has 0 atom stereocenters. The fourth-order valence-electron chi connectivity index (χ4n) is 3.98. The van der Waals surface area contributed by atoms with E-state index in [1.807, 2.05) is 41.0 Å². The predicted octanol–water partition coefficient (Wildman–Crippen LogP) is 6.06. The summed E-state index contributed by atoms with van der Waals surface area (Å²) >= 11 is 0. The molecule has 0 aliphatic carbocycles. The molecule has 0 unspecified atom stereocenters. The van der Waals surface area contributed by atoms with Crippen LogP contribution in [0.25, 0.3) is 39.3 Å². The molecule has 0 fully saturated rings. The van der Waals surface area contributed by atoms with Crippen LogP contribution in [0, 0.1) is 0 Å². The summed E-state index contributed by atoms with van der Waals surface area (Å²) in [6.45, 7) is 1.73. The Morgan fingerprint density at radius 1 is 0.735 bits per heavy atom. The molecule has 0 saturated heterocycles. The van der Waals surface area contributed by atoms with Crippen LogP contribution in [-0.4, -0.2) is 46.7 Å². The van der Waals surface area contributed by atoms with Crippen LogP contribution in [0.1, 0.15) is 6.42 Å². The molecule has 5 heteroatoms. The van der Waals surface area contributed by atoms with Gasteiger partial charge in [-0.25, -0.2) is 9.50 Å². The van der Waals surface area contributed by atoms with Gasteiger partial charge in [-0.3, -0.25) is 0 Å². The first-order valence-corrected chi connectivity index (χ1v) is 11.6. The Hall–Kier alpha value is -3.96. The summed E-state index contributed by atoms with van der Waals surface area (Å²) < 4.78 is 7.78. The molecule has 5 nitrogen and oxygen atoms in total. The van der Waals surface area contributed by atoms with Crippen molar-refractivity contribution in [3.05, 3.63) is 97.2 Å². The lowest BCUT2D eigenvalue weighted by molar-refractivity contribution is 0.281. The summed E-state index contributed by atoms with van der Waals surface area (Å²) in [5.74, 6) is 0.880. The van der Waals surface area contributed by atoms with E-state index >= 15 is 0 Å². The molecular formula is C29H28N4O. The Bertz CT molecular complexity index is 1360. The van der Waals surface area contributed by atoms with Crippen LogP contribution in [0.4, 0.5) is 0 Å². The van der Waals surface area contributed by atoms with E-state index in [9.17, 15) is 0 Å². The zero-order chi connectivity index (χ0) is 23.3. The van der Waals surface area contributed by atoms with Crippen molar-refractivity contribution in [3.63, 3.8) is 0 Å². The highest BCUT2D eigenvalue weighted by Crippen LogP contribution is 2.27. The maximum absolute atomic E-state index is 5.86. The number of fused-ring (bicyclic) bond motifs is 1. The van der Waals surface area contributed by atoms with E-state index in [-0.39, 0.29) is 0 Å². The van der Waals surface area contributed by atoms with Crippen molar-refractivity contribution in [1.82, 2.24) is 19.5 Å². The van der Waals surface area contributed by atoms with Crippen LogP contribution in [0.3, 0.4) is 0 Å². The smallest absolute Gasteiger partial charge is 0.154 e. The largest absolute Gasteiger partial charge is 0.494 e. The number of aromatic nitrogens is 3. The van der Waals surface area contributed by atoms with E-state index in [0.717, 1.165) is 46.9 Å². The van der Waals surface area contributed by atoms with E-state index in [4.69, 9.17) is 9.84 Å². The van der Waals surface area contributed by atoms with Gasteiger partial charge in [-0.15, -0.1) is 0 Å². The van der Waals surface area contributed by atoms with Gasteiger partial charge >= 0.3 is 0 Å². The van der Waals surface area contributed by atoms with E-state index in [1.165, 1.54) is 11.1 Å². The SMILES string of the molecule is CN(C)CCCOc1ccc(-c2ccc3ncc(-c4ccc(-c5ccccc5)cc4)n3n2)cc1. The summed E-state index contributed by atoms with van der Waals surface area (Å²) in [4.78, 5) is 6.72. The molecule has 0 bridgehead atoms. The molecule has 0 N–H and O–H groups in total. The van der Waals surface area contributed by atoms with Crippen LogP contribution in [0.15, 0.2) is 97.2 Å². The summed E-state index contributed by atoms with van der Waals surface area (Å²) in [5.41, 5.74) is 7.21. The maximum Gasteiger partial charge on any atom is 0.154 e. The van der Waals surface area contributed by atoms with Gasteiger partial charge in [0, 0.05) is 17.7 Å². The van der Waals surface area contributed by atoms with Crippen molar-refractivity contribution in [2.24, 2.45) is 0 Å². The van der Waals surface area contributed by atoms with Crippen molar-refractivity contribution in [2.45, 2.75) is 6.42 Å². The fraction of sp³-hybridized carbons (Fsp3) is 0.172. The first kappa shape index (κ1) is 21.9. The zero-order valence-corrected chi connectivity index (χ0v) is 19.6. The molecule has 0 spiro atoms. The molecule has 3 aromatic carbocycles. The lowest BCUT2D eigenvalue weighted by Crippen LogP contribution is -2.15. The number of hydrogen-bond donors (Lipinski definition) is 0. The topological polar surface area (TPSA) is 42.7 Å². The fourth-order valence-corrected chi connectivity index (χ4v) is 3.98. The molecule has 0 saturated carbocycles. The van der Waals surface area contributed by atoms with Crippen molar-refractivity contribution in [2.75, 3.05) is 27.2 Å². The summed E-state index contributed by atoms with van der Waals surface area (Å²) in [6, 6.07) is 31.1. The number of nitrogens with zero attached hydrogens (tertiary/aromatic N) is 4. The second kappa shape index (κ2) is 9.89. The van der Waals surface area contributed by atoms with Crippen LogP contribution < -0.4 is 4.74 Å². The zero-order valence-electron chi connectivity index (χ0n) is 19.6. The molecule has 0 amide bonds. The highest BCUT2D eigenvalue weighted by Gasteiger charge is 2.10. The number of rotatable bonds is 8. The van der Waals surface area contributed by atoms with Crippen molar-refractivity contribution in [3.8, 4) is 39.4 Å². The third-order valence-electron chi connectivity index (χ3n) is 5.82. The minimum absolute atomic E-state index is 0.712. The lowest BCUT2D eigenvalue weighted by Gasteiger charge is -2.11. The number of benzene rings is 3. The van der Waals surface area contributed by atoms with Gasteiger partial charge in [-0.2, -0.15) is 5.10 Å². The minimum Gasteiger partial charge on any atom is -0.494 e. The summed E-state index contributed by atoms with van der Waals surface area (Å²) in [7, 11) is 4.15. The standard InChI is InChI=1S/C29H28N4O/c1-32(2)19-6-20-34-26-15-13-24(14-16-26)27-17-18-29-30-21-28(33(29)31-27)25-11-9-23(10-12-25)22-7-4-3-5-8-22/h3-5,7-18,21H,6,19-20H2,1-2H3. The van der Waals surface area contributed by atoms with Crippen LogP contribution in [0.5, 0.6) is 5.75 Å². The van der Waals surface area contributed by atoms with Crippen molar-refractivity contribution in [1.29, 1.82) is 0 Å². The maximum atomic E-state index is 5.86. The number of imidazole rings is 1. The Labute approximate surface area is 200 Å². The summed E-state index contributed by atoms with van der Waals surface area (Å²) in [5, 5.41) is 4.89. The lowest BCUT2D eigenvalue weighted by atomic mass is 10.0. The molecule has 5 aromatic rings. The van der Waals surface area contributed by atoms with E-state index < -0.39 is 0 Å². The van der Waals surface area contributed by atoms with Crippen LogP contribution in [-0.2, 0) is 0 Å². The Balaban J connectivity index is 1.36. The molecule has 34 heavy (non-hydrogen) atoms. The van der Waals surface area contributed by atoms with Gasteiger partial charge in [0.15, 0.2) is 5.65 Å². The Morgan fingerprint density at radius 2 is 1.41 bits per heavy atom. The molecule has 2 aromatic heterocycles. The predicted molar refractivity (Wildman–Crippen MR) is 138 cm³/mol. The van der Waals surface area contributed by atoms with Gasteiger partial charge in [-0.05, 0) is 68.0 Å². The van der Waals surface area contributed by atoms with Crippen molar-refractivity contribution < 1.29 is 4.74 Å². The molecule has 2 heterocycles. The Kier molecular flexibility index (Phi) is 6.36. The molecule has 0 aliphatic rings. The van der Waals surface area contributed by atoms with Gasteiger partial charge in [0.2, 0.25) is 0 Å². The monoisotopic (exact) mass is 448 g/mol. The van der Waals surface area contributed by atoms with Gasteiger partial charge in [0.05, 0.1) is 24.2 Å². The first-order chi connectivity index (χ1) is 16.7. The van der Waals surface area contributed by atoms with Gasteiger partial charge in [-0.1, -0.05) is 54.6 Å². The molecule has 0 aliphatic heterocycles. The molecule has 5 rings (SSSR count). The third kappa shape index (κ3) is 4.85. The second-order valence-corrected chi connectivity index (χ2v) is 8.61. The number of hydrogen-bond acceptors (Lipinski definition) is 4. The van der Waals surface area contributed by atoms with E-state index in [1.54, 1.807) is 0 Å². The normalized spacial score (nSPS) is 11.3. The van der Waals surface area contributed by atoms with Gasteiger partial charge in [0.1, 0.15) is 5.75 Å².